The van der Waals surface area contributed by atoms with Gasteiger partial charge in [0.2, 0.25) is 0 Å². The molecule has 0 amide bonds. The van der Waals surface area contributed by atoms with Crippen molar-refractivity contribution in [2.24, 2.45) is 0 Å². The molecule has 5 heteroatoms. The molecular weight excluding hydrogens is 197 g/mol. The fraction of sp³-hybridized carbons (Fsp3) is 0.222. The Hall–Kier alpha value is -1.36. The molecule has 0 radical (unpaired) electrons. The minimum Gasteiger partial charge on any atom is -0.377 e. The van der Waals surface area contributed by atoms with E-state index in [1.165, 1.54) is 7.11 Å². The summed E-state index contributed by atoms with van der Waals surface area (Å²) in [6, 6.07) is 0.901. The van der Waals surface area contributed by atoms with Crippen LogP contribution in [0.3, 0.4) is 0 Å². The molecule has 14 heavy (non-hydrogen) atoms. The standard InChI is InChI=1S/C9H7F3O2/c1-14-4-8(13)9-6(11)2-5(10)3-7(9)12/h2-3H,4H2,1H3. The third-order valence-corrected chi connectivity index (χ3v) is 1.56. The van der Waals surface area contributed by atoms with Crippen LogP contribution in [0, 0.1) is 17.5 Å². The van der Waals surface area contributed by atoms with E-state index in [1.807, 2.05) is 0 Å². The second kappa shape index (κ2) is 4.23. The van der Waals surface area contributed by atoms with Crippen LogP contribution in [-0.4, -0.2) is 19.5 Å². The molecule has 0 N–H and O–H groups in total. The van der Waals surface area contributed by atoms with Crippen molar-refractivity contribution in [1.29, 1.82) is 0 Å². The van der Waals surface area contributed by atoms with Gasteiger partial charge < -0.3 is 4.74 Å². The van der Waals surface area contributed by atoms with Gasteiger partial charge in [-0.25, -0.2) is 13.2 Å². The Balaban J connectivity index is 3.14. The number of Topliss-reactive ketones (excluding diaryl/α,β-unsaturated/α-hetero) is 1. The number of carbonyl (C=O) groups is 1. The molecule has 0 atom stereocenters. The summed E-state index contributed by atoms with van der Waals surface area (Å²) >= 11 is 0. The number of halogens is 3. The van der Waals surface area contributed by atoms with Crippen LogP contribution in [0.2, 0.25) is 0 Å². The van der Waals surface area contributed by atoms with Crippen LogP contribution in [0.4, 0.5) is 13.2 Å². The average molecular weight is 204 g/mol. The Bertz CT molecular complexity index is 340. The maximum Gasteiger partial charge on any atom is 0.194 e. The molecule has 2 nitrogen and oxygen atoms in total. The van der Waals surface area contributed by atoms with Gasteiger partial charge in [0.15, 0.2) is 5.78 Å². The summed E-state index contributed by atoms with van der Waals surface area (Å²) in [6.07, 6.45) is 0. The summed E-state index contributed by atoms with van der Waals surface area (Å²) in [4.78, 5) is 11.1. The minimum absolute atomic E-state index is 0.445. The first-order valence-corrected chi connectivity index (χ1v) is 3.73. The molecule has 0 fully saturated rings. The predicted octanol–water partition coefficient (Wildman–Crippen LogP) is 1.93. The van der Waals surface area contributed by atoms with Crippen molar-refractivity contribution >= 4 is 5.78 Å². The van der Waals surface area contributed by atoms with E-state index in [0.29, 0.717) is 12.1 Å². The van der Waals surface area contributed by atoms with Crippen molar-refractivity contribution in [3.8, 4) is 0 Å². The number of hydrogen-bond acceptors (Lipinski definition) is 2. The topological polar surface area (TPSA) is 26.3 Å². The quantitative estimate of drug-likeness (QED) is 0.703. The maximum atomic E-state index is 12.9. The Morgan fingerprint density at radius 2 is 1.79 bits per heavy atom. The van der Waals surface area contributed by atoms with E-state index in [1.54, 1.807) is 0 Å². The second-order valence-electron chi connectivity index (χ2n) is 2.60. The van der Waals surface area contributed by atoms with Crippen molar-refractivity contribution in [3.05, 3.63) is 35.1 Å². The van der Waals surface area contributed by atoms with Gasteiger partial charge in [-0.2, -0.15) is 0 Å². The van der Waals surface area contributed by atoms with Gasteiger partial charge >= 0.3 is 0 Å². The summed E-state index contributed by atoms with van der Waals surface area (Å²) in [7, 11) is 1.22. The van der Waals surface area contributed by atoms with Crippen molar-refractivity contribution in [3.63, 3.8) is 0 Å². The van der Waals surface area contributed by atoms with E-state index in [-0.39, 0.29) is 0 Å². The van der Waals surface area contributed by atoms with E-state index in [9.17, 15) is 18.0 Å². The van der Waals surface area contributed by atoms with Crippen LogP contribution in [0.25, 0.3) is 0 Å². The first-order valence-electron chi connectivity index (χ1n) is 3.73. The Kier molecular flexibility index (Phi) is 3.24. The zero-order chi connectivity index (χ0) is 10.7. The lowest BCUT2D eigenvalue weighted by atomic mass is 10.1. The molecule has 1 aromatic carbocycles. The van der Waals surface area contributed by atoms with Gasteiger partial charge in [0.25, 0.3) is 0 Å². The summed E-state index contributed by atoms with van der Waals surface area (Å²) in [5.41, 5.74) is -0.770. The summed E-state index contributed by atoms with van der Waals surface area (Å²) < 4.78 is 42.7. The van der Waals surface area contributed by atoms with E-state index >= 15 is 0 Å². The number of methoxy groups -OCH3 is 1. The monoisotopic (exact) mass is 204 g/mol. The fourth-order valence-electron chi connectivity index (χ4n) is 1.01. The van der Waals surface area contributed by atoms with Crippen molar-refractivity contribution in [2.45, 2.75) is 0 Å². The van der Waals surface area contributed by atoms with Crippen LogP contribution in [0.5, 0.6) is 0 Å². The van der Waals surface area contributed by atoms with Crippen molar-refractivity contribution in [1.82, 2.24) is 0 Å². The number of rotatable bonds is 3. The van der Waals surface area contributed by atoms with Crippen molar-refractivity contribution in [2.75, 3.05) is 13.7 Å². The van der Waals surface area contributed by atoms with Crippen molar-refractivity contribution < 1.29 is 22.7 Å². The maximum absolute atomic E-state index is 12.9. The van der Waals surface area contributed by atoms with Crippen LogP contribution >= 0.6 is 0 Å². The molecular formula is C9H7F3O2. The highest BCUT2D eigenvalue weighted by Gasteiger charge is 2.18. The van der Waals surface area contributed by atoms with Gasteiger partial charge in [0.1, 0.15) is 24.1 Å². The molecule has 1 rings (SSSR count). The van der Waals surface area contributed by atoms with Gasteiger partial charge in [0, 0.05) is 19.2 Å². The fourth-order valence-corrected chi connectivity index (χ4v) is 1.01. The molecule has 0 spiro atoms. The number of benzene rings is 1. The Labute approximate surface area is 78.3 Å². The normalized spacial score (nSPS) is 10.3. The molecule has 0 aliphatic heterocycles. The van der Waals surface area contributed by atoms with E-state index in [2.05, 4.69) is 4.74 Å². The van der Waals surface area contributed by atoms with Crippen LogP contribution in [0.15, 0.2) is 12.1 Å². The van der Waals surface area contributed by atoms with Gasteiger partial charge in [-0.05, 0) is 0 Å². The van der Waals surface area contributed by atoms with Gasteiger partial charge in [-0.3, -0.25) is 4.79 Å². The number of hydrogen-bond donors (Lipinski definition) is 0. The van der Waals surface area contributed by atoms with Gasteiger partial charge in [-0.1, -0.05) is 0 Å². The third kappa shape index (κ3) is 2.11. The number of ether oxygens (including phenoxy) is 1. The highest BCUT2D eigenvalue weighted by Crippen LogP contribution is 2.15. The predicted molar refractivity (Wildman–Crippen MR) is 42.5 cm³/mol. The second-order valence-corrected chi connectivity index (χ2v) is 2.60. The molecule has 0 unspecified atom stereocenters. The summed E-state index contributed by atoms with van der Waals surface area (Å²) in [6.45, 7) is -0.445. The lowest BCUT2D eigenvalue weighted by Crippen LogP contribution is -2.12. The zero-order valence-corrected chi connectivity index (χ0v) is 7.31. The molecule has 0 bridgehead atoms. The Morgan fingerprint density at radius 1 is 1.29 bits per heavy atom. The van der Waals surface area contributed by atoms with Crippen LogP contribution in [-0.2, 0) is 4.74 Å². The first-order chi connectivity index (χ1) is 6.56. The smallest absolute Gasteiger partial charge is 0.194 e. The summed E-state index contributed by atoms with van der Waals surface area (Å²) in [5, 5.41) is 0. The SMILES string of the molecule is COCC(=O)c1c(F)cc(F)cc1F. The minimum atomic E-state index is -1.22. The summed E-state index contributed by atoms with van der Waals surface area (Å²) in [5.74, 6) is -4.36. The average Bonchev–Trinajstić information content (AvgIpc) is 2.01. The molecule has 0 saturated carbocycles. The van der Waals surface area contributed by atoms with Crippen LogP contribution in [0.1, 0.15) is 10.4 Å². The largest absolute Gasteiger partial charge is 0.377 e. The van der Waals surface area contributed by atoms with Crippen LogP contribution < -0.4 is 0 Å². The molecule has 1 aromatic rings. The lowest BCUT2D eigenvalue weighted by molar-refractivity contribution is 0.0839. The van der Waals surface area contributed by atoms with Gasteiger partial charge in [-0.15, -0.1) is 0 Å². The van der Waals surface area contributed by atoms with E-state index in [4.69, 9.17) is 0 Å². The zero-order valence-electron chi connectivity index (χ0n) is 7.31. The van der Waals surface area contributed by atoms with E-state index < -0.39 is 35.4 Å². The number of ketones is 1. The molecule has 0 saturated heterocycles. The highest BCUT2D eigenvalue weighted by atomic mass is 19.1. The number of carbonyl (C=O) groups excluding carboxylic acids is 1. The molecule has 76 valence electrons. The Morgan fingerprint density at radius 3 is 2.21 bits per heavy atom. The highest BCUT2D eigenvalue weighted by molar-refractivity contribution is 5.97. The molecule has 0 heterocycles. The molecule has 0 aromatic heterocycles. The molecule has 0 aliphatic carbocycles. The van der Waals surface area contributed by atoms with Gasteiger partial charge in [0.05, 0.1) is 5.56 Å². The first kappa shape index (κ1) is 10.7. The third-order valence-electron chi connectivity index (χ3n) is 1.56. The lowest BCUT2D eigenvalue weighted by Gasteiger charge is -2.03. The van der Waals surface area contributed by atoms with E-state index in [0.717, 1.165) is 0 Å². The molecule has 0 aliphatic rings.